The highest BCUT2D eigenvalue weighted by Crippen LogP contribution is 2.22. The quantitative estimate of drug-likeness (QED) is 0.556. The molecule has 0 atom stereocenters. The Morgan fingerprint density at radius 1 is 1.33 bits per heavy atom. The second-order valence-corrected chi connectivity index (χ2v) is 5.31. The Labute approximate surface area is 121 Å². The van der Waals surface area contributed by atoms with Crippen molar-refractivity contribution >= 4 is 28.3 Å². The smallest absolute Gasteiger partial charge is 0.273 e. The van der Waals surface area contributed by atoms with Crippen LogP contribution in [-0.4, -0.2) is 21.1 Å². The van der Waals surface area contributed by atoms with Crippen molar-refractivity contribution in [3.63, 3.8) is 0 Å². The molecule has 21 heavy (non-hydrogen) atoms. The van der Waals surface area contributed by atoms with Crippen LogP contribution in [0.25, 0.3) is 10.9 Å². The maximum Gasteiger partial charge on any atom is 0.273 e. The molecule has 5 N–H and O–H groups in total. The number of amides is 1. The zero-order valence-electron chi connectivity index (χ0n) is 11.9. The van der Waals surface area contributed by atoms with Crippen molar-refractivity contribution in [1.82, 2.24) is 15.2 Å². The minimum Gasteiger partial charge on any atom is -0.397 e. The first-order valence-corrected chi connectivity index (χ1v) is 6.78. The van der Waals surface area contributed by atoms with E-state index in [9.17, 15) is 4.79 Å². The van der Waals surface area contributed by atoms with Gasteiger partial charge in [0, 0.05) is 17.1 Å². The van der Waals surface area contributed by atoms with Gasteiger partial charge in [0.25, 0.3) is 5.91 Å². The Kier molecular flexibility index (Phi) is 3.13. The molecule has 3 rings (SSSR count). The molecule has 0 bridgehead atoms. The zero-order chi connectivity index (χ0) is 15.0. The van der Waals surface area contributed by atoms with Crippen LogP contribution in [0.15, 0.2) is 30.3 Å². The van der Waals surface area contributed by atoms with Gasteiger partial charge in [0.2, 0.25) is 0 Å². The van der Waals surface area contributed by atoms with E-state index in [1.807, 2.05) is 18.2 Å². The molecule has 0 aliphatic rings. The van der Waals surface area contributed by atoms with Crippen molar-refractivity contribution in [1.29, 1.82) is 0 Å². The first-order valence-electron chi connectivity index (χ1n) is 6.78. The van der Waals surface area contributed by atoms with Crippen molar-refractivity contribution in [3.8, 4) is 0 Å². The Balaban J connectivity index is 1.84. The van der Waals surface area contributed by atoms with E-state index in [4.69, 9.17) is 5.73 Å². The predicted octanol–water partition coefficient (Wildman–Crippen LogP) is 2.85. The number of nitrogens with one attached hydrogen (secondary N) is 3. The number of anilines is 2. The molecule has 6 heteroatoms. The molecule has 1 aromatic carbocycles. The van der Waals surface area contributed by atoms with Crippen LogP contribution in [0, 0.1) is 0 Å². The zero-order valence-corrected chi connectivity index (χ0v) is 11.9. The fraction of sp³-hybridized carbons (Fsp3) is 0.200. The Hall–Kier alpha value is -2.76. The Bertz CT molecular complexity index is 799. The van der Waals surface area contributed by atoms with Crippen LogP contribution in [0.1, 0.15) is 35.9 Å². The summed E-state index contributed by atoms with van der Waals surface area (Å²) in [6.45, 7) is 4.11. The third kappa shape index (κ3) is 2.47. The lowest BCUT2D eigenvalue weighted by Gasteiger charge is -1.99. The number of para-hydroxylation sites is 1. The monoisotopic (exact) mass is 283 g/mol. The summed E-state index contributed by atoms with van der Waals surface area (Å²) in [5, 5.41) is 10.6. The Morgan fingerprint density at radius 3 is 2.81 bits per heavy atom. The molecule has 2 aromatic heterocycles. The first-order chi connectivity index (χ1) is 10.0. The van der Waals surface area contributed by atoms with Gasteiger partial charge in [0.15, 0.2) is 5.82 Å². The molecule has 0 radical (unpaired) electrons. The number of nitrogens with zero attached hydrogens (tertiary/aromatic N) is 1. The summed E-state index contributed by atoms with van der Waals surface area (Å²) in [4.78, 5) is 15.3. The topological polar surface area (TPSA) is 99.6 Å². The number of aromatic nitrogens is 3. The van der Waals surface area contributed by atoms with Crippen LogP contribution >= 0.6 is 0 Å². The number of hydrogen-bond acceptors (Lipinski definition) is 3. The van der Waals surface area contributed by atoms with Gasteiger partial charge in [-0.25, -0.2) is 0 Å². The highest BCUT2D eigenvalue weighted by atomic mass is 16.1. The van der Waals surface area contributed by atoms with Crippen molar-refractivity contribution in [2.75, 3.05) is 11.1 Å². The number of carbonyl (C=O) groups excluding carboxylic acids is 1. The lowest BCUT2D eigenvalue weighted by molar-refractivity contribution is 0.102. The number of aromatic amines is 2. The van der Waals surface area contributed by atoms with Crippen molar-refractivity contribution in [2.24, 2.45) is 0 Å². The van der Waals surface area contributed by atoms with Gasteiger partial charge < -0.3 is 16.0 Å². The number of H-pyrrole nitrogens is 2. The number of benzene rings is 1. The number of nitrogens with two attached hydrogens (primary N) is 1. The summed E-state index contributed by atoms with van der Waals surface area (Å²) in [6, 6.07) is 9.17. The summed E-state index contributed by atoms with van der Waals surface area (Å²) in [5.41, 5.74) is 8.70. The molecule has 0 spiro atoms. The SMILES string of the molecule is CC(C)c1cc(NC(=O)c2cc3cccc(N)c3[nH]2)n[nH]1. The molecule has 0 fully saturated rings. The van der Waals surface area contributed by atoms with Gasteiger partial charge in [-0.3, -0.25) is 9.89 Å². The minimum absolute atomic E-state index is 0.243. The van der Waals surface area contributed by atoms with E-state index in [-0.39, 0.29) is 5.91 Å². The van der Waals surface area contributed by atoms with Crippen molar-refractivity contribution in [3.05, 3.63) is 41.7 Å². The number of rotatable bonds is 3. The largest absolute Gasteiger partial charge is 0.397 e. The van der Waals surface area contributed by atoms with Crippen LogP contribution < -0.4 is 11.1 Å². The average molecular weight is 283 g/mol. The van der Waals surface area contributed by atoms with Gasteiger partial charge >= 0.3 is 0 Å². The van der Waals surface area contributed by atoms with E-state index in [1.54, 1.807) is 12.1 Å². The van der Waals surface area contributed by atoms with Gasteiger partial charge in [-0.15, -0.1) is 0 Å². The highest BCUT2D eigenvalue weighted by Gasteiger charge is 2.13. The van der Waals surface area contributed by atoms with E-state index in [1.165, 1.54) is 0 Å². The number of carbonyl (C=O) groups is 1. The molecule has 108 valence electrons. The second kappa shape index (κ2) is 4.97. The van der Waals surface area contributed by atoms with Gasteiger partial charge in [-0.05, 0) is 18.1 Å². The van der Waals surface area contributed by atoms with E-state index in [0.717, 1.165) is 16.6 Å². The fourth-order valence-electron chi connectivity index (χ4n) is 2.18. The third-order valence-electron chi connectivity index (χ3n) is 3.39. The van der Waals surface area contributed by atoms with Gasteiger partial charge in [-0.1, -0.05) is 26.0 Å². The number of fused-ring (bicyclic) bond motifs is 1. The molecular formula is C15H17N5O. The normalized spacial score (nSPS) is 11.2. The molecule has 0 unspecified atom stereocenters. The van der Waals surface area contributed by atoms with E-state index >= 15 is 0 Å². The van der Waals surface area contributed by atoms with Crippen molar-refractivity contribution in [2.45, 2.75) is 19.8 Å². The summed E-state index contributed by atoms with van der Waals surface area (Å²) >= 11 is 0. The van der Waals surface area contributed by atoms with Crippen LogP contribution in [0.3, 0.4) is 0 Å². The molecular weight excluding hydrogens is 266 g/mol. The van der Waals surface area contributed by atoms with Crippen LogP contribution in [0.5, 0.6) is 0 Å². The lowest BCUT2D eigenvalue weighted by atomic mass is 10.1. The summed E-state index contributed by atoms with van der Waals surface area (Å²) in [6.07, 6.45) is 0. The maximum atomic E-state index is 12.2. The van der Waals surface area contributed by atoms with E-state index in [0.29, 0.717) is 23.1 Å². The molecule has 3 aromatic rings. The summed E-state index contributed by atoms with van der Waals surface area (Å²) in [5.74, 6) is 0.596. The highest BCUT2D eigenvalue weighted by molar-refractivity contribution is 6.06. The lowest BCUT2D eigenvalue weighted by Crippen LogP contribution is -2.12. The standard InChI is InChI=1S/C15H17N5O/c1-8(2)11-7-13(20-19-11)18-15(21)12-6-9-4-3-5-10(16)14(9)17-12/h3-8,17H,16H2,1-2H3,(H2,18,19,20,21). The first kappa shape index (κ1) is 13.2. The maximum absolute atomic E-state index is 12.2. The van der Waals surface area contributed by atoms with Crippen molar-refractivity contribution < 1.29 is 4.79 Å². The fourth-order valence-corrected chi connectivity index (χ4v) is 2.18. The molecule has 0 aliphatic heterocycles. The molecule has 0 saturated heterocycles. The third-order valence-corrected chi connectivity index (χ3v) is 3.39. The molecule has 2 heterocycles. The Morgan fingerprint density at radius 2 is 2.14 bits per heavy atom. The average Bonchev–Trinajstić information content (AvgIpc) is 3.05. The number of nitrogen functional groups attached to an aromatic ring is 1. The molecule has 0 aliphatic carbocycles. The minimum atomic E-state index is -0.243. The van der Waals surface area contributed by atoms with Gasteiger partial charge in [-0.2, -0.15) is 5.10 Å². The molecule has 0 saturated carbocycles. The van der Waals surface area contributed by atoms with Crippen LogP contribution in [-0.2, 0) is 0 Å². The van der Waals surface area contributed by atoms with Crippen LogP contribution in [0.2, 0.25) is 0 Å². The van der Waals surface area contributed by atoms with Crippen LogP contribution in [0.4, 0.5) is 11.5 Å². The second-order valence-electron chi connectivity index (χ2n) is 5.31. The summed E-state index contributed by atoms with van der Waals surface area (Å²) in [7, 11) is 0. The number of hydrogen-bond donors (Lipinski definition) is 4. The van der Waals surface area contributed by atoms with E-state index in [2.05, 4.69) is 34.3 Å². The molecule has 1 amide bonds. The van der Waals surface area contributed by atoms with E-state index < -0.39 is 0 Å². The predicted molar refractivity (Wildman–Crippen MR) is 83.3 cm³/mol. The summed E-state index contributed by atoms with van der Waals surface area (Å²) < 4.78 is 0. The molecule has 6 nitrogen and oxygen atoms in total. The van der Waals surface area contributed by atoms with Gasteiger partial charge in [0.05, 0.1) is 11.2 Å². The van der Waals surface area contributed by atoms with Gasteiger partial charge in [0.1, 0.15) is 5.69 Å².